The Balaban J connectivity index is 0.00000320. The number of nitrogens with zero attached hydrogens (tertiary/aromatic N) is 3. The number of fused-ring (bicyclic) bond motifs is 3. The van der Waals surface area contributed by atoms with Crippen LogP contribution in [0.25, 0.3) is 16.5 Å². The van der Waals surface area contributed by atoms with Gasteiger partial charge in [-0.1, -0.05) is 59.3 Å². The van der Waals surface area contributed by atoms with E-state index in [-0.39, 0.29) is 29.5 Å². The molecule has 0 amide bonds. The highest BCUT2D eigenvalue weighted by Crippen LogP contribution is 2.42. The van der Waals surface area contributed by atoms with E-state index < -0.39 is 6.29 Å². The van der Waals surface area contributed by atoms with Crippen molar-refractivity contribution in [2.75, 3.05) is 25.3 Å². The largest absolute Gasteiger partial charge is 1.00 e. The molecule has 0 fully saturated rings. The Morgan fingerprint density at radius 2 is 1.35 bits per heavy atom. The van der Waals surface area contributed by atoms with E-state index >= 15 is 0 Å². The van der Waals surface area contributed by atoms with Gasteiger partial charge in [0.05, 0.1) is 11.1 Å². The third kappa shape index (κ3) is 5.14. The minimum atomic E-state index is -0.478. The number of para-hydroxylation sites is 2. The molecule has 0 saturated carbocycles. The maximum Gasteiger partial charge on any atom is 0.377 e. The summed E-state index contributed by atoms with van der Waals surface area (Å²) in [5.74, 6) is 1.06. The Bertz CT molecular complexity index is 1450. The summed E-state index contributed by atoms with van der Waals surface area (Å²) in [6.45, 7) is 4.90. The van der Waals surface area contributed by atoms with E-state index in [4.69, 9.17) is 14.2 Å². The molecule has 3 aromatic carbocycles. The number of anilines is 2. The van der Waals surface area contributed by atoms with Crippen LogP contribution in [0.1, 0.15) is 20.3 Å². The molecule has 0 spiro atoms. The van der Waals surface area contributed by atoms with Gasteiger partial charge < -0.3 is 38.2 Å². The topological polar surface area (TPSA) is 55.9 Å². The normalized spacial score (nSPS) is 12.9. The quantitative estimate of drug-likeness (QED) is 0.174. The van der Waals surface area contributed by atoms with Gasteiger partial charge in [0, 0.05) is 18.6 Å². The zero-order valence-corrected chi connectivity index (χ0v) is 23.3. The molecule has 37 heavy (non-hydrogen) atoms. The number of hydrazine groups is 1. The Labute approximate surface area is 233 Å². The molecular weight excluding hydrogens is 581 g/mol. The summed E-state index contributed by atoms with van der Waals surface area (Å²) < 4.78 is 21.9. The molecule has 0 radical (unpaired) electrons. The molecule has 0 saturated heterocycles. The number of halogens is 1. The van der Waals surface area contributed by atoms with Gasteiger partial charge in [-0.05, 0) is 44.2 Å². The van der Waals surface area contributed by atoms with E-state index in [0.29, 0.717) is 36.8 Å². The second-order valence-electron chi connectivity index (χ2n) is 8.39. The molecule has 0 aliphatic carbocycles. The monoisotopic (exact) mass is 611 g/mol. The van der Waals surface area contributed by atoms with Crippen LogP contribution in [0.15, 0.2) is 89.7 Å². The Kier molecular flexibility index (Phi) is 8.63. The SMILES string of the molecule is CCOC(CC1=[N+](C)N(c2ccccc2)c2c(n(-c3ccccc3)c(=O)c3ccccc23)O1)OCC.[I-]. The molecule has 8 heteroatoms. The molecule has 1 aliphatic rings. The Hall–Kier alpha value is -3.21. The van der Waals surface area contributed by atoms with Gasteiger partial charge in [-0.25, -0.2) is 4.57 Å². The zero-order chi connectivity index (χ0) is 25.1. The van der Waals surface area contributed by atoms with E-state index in [2.05, 4.69) is 5.01 Å². The Morgan fingerprint density at radius 1 is 0.811 bits per heavy atom. The first kappa shape index (κ1) is 26.8. The van der Waals surface area contributed by atoms with Crippen LogP contribution < -0.4 is 39.3 Å². The Morgan fingerprint density at radius 3 is 1.95 bits per heavy atom. The van der Waals surface area contributed by atoms with E-state index in [1.54, 1.807) is 4.57 Å². The molecular formula is C29H30IN3O4. The van der Waals surface area contributed by atoms with Crippen LogP contribution in [0, 0.1) is 0 Å². The van der Waals surface area contributed by atoms with Crippen LogP contribution in [-0.2, 0) is 9.47 Å². The van der Waals surface area contributed by atoms with Crippen LogP contribution in [0.5, 0.6) is 5.88 Å². The van der Waals surface area contributed by atoms with Gasteiger partial charge >= 0.3 is 5.90 Å². The van der Waals surface area contributed by atoms with E-state index in [1.807, 2.05) is 111 Å². The first-order valence-corrected chi connectivity index (χ1v) is 12.2. The highest BCUT2D eigenvalue weighted by atomic mass is 127. The van der Waals surface area contributed by atoms with Crippen LogP contribution in [0.4, 0.5) is 11.4 Å². The van der Waals surface area contributed by atoms with Crippen molar-refractivity contribution in [2.24, 2.45) is 0 Å². The first-order chi connectivity index (χ1) is 17.6. The number of pyridine rings is 1. The predicted molar refractivity (Wildman–Crippen MR) is 142 cm³/mol. The lowest BCUT2D eigenvalue weighted by Crippen LogP contribution is -3.00. The molecule has 0 atom stereocenters. The minimum Gasteiger partial charge on any atom is -1.00 e. The van der Waals surface area contributed by atoms with E-state index in [0.717, 1.165) is 22.4 Å². The summed E-state index contributed by atoms with van der Waals surface area (Å²) in [5, 5.41) is 3.51. The summed E-state index contributed by atoms with van der Waals surface area (Å²) in [7, 11) is 1.95. The fourth-order valence-corrected chi connectivity index (χ4v) is 4.58. The van der Waals surface area contributed by atoms with Crippen molar-refractivity contribution in [1.29, 1.82) is 0 Å². The number of ether oxygens (including phenoxy) is 3. The number of hydrogen-bond acceptors (Lipinski definition) is 5. The van der Waals surface area contributed by atoms with E-state index in [9.17, 15) is 4.79 Å². The fraction of sp³-hybridized carbons (Fsp3) is 0.241. The lowest BCUT2D eigenvalue weighted by atomic mass is 10.1. The molecule has 5 rings (SSSR count). The second-order valence-corrected chi connectivity index (χ2v) is 8.39. The molecule has 0 unspecified atom stereocenters. The van der Waals surface area contributed by atoms with Gasteiger partial charge in [-0.2, -0.15) is 0 Å². The standard InChI is InChI=1S/C29H30N3O4.HI/c1-4-34-26(35-5-2)20-25-30(3)32(22-16-10-7-11-17-22)27-23-18-12-13-19-24(23)28(33)31(29(27)36-25)21-14-8-6-9-15-21;/h6-19,26H,4-5,20H2,1-3H3;1H/q+1;/p-1. The average Bonchev–Trinajstić information content (AvgIpc) is 2.91. The third-order valence-corrected chi connectivity index (χ3v) is 6.17. The number of hydrogen-bond donors (Lipinski definition) is 0. The lowest BCUT2D eigenvalue weighted by Gasteiger charge is -2.30. The molecule has 7 nitrogen and oxygen atoms in total. The van der Waals surface area contributed by atoms with Gasteiger partial charge in [-0.15, -0.1) is 5.01 Å². The van der Waals surface area contributed by atoms with Gasteiger partial charge in [0.1, 0.15) is 12.1 Å². The molecule has 0 N–H and O–H groups in total. The highest BCUT2D eigenvalue weighted by Gasteiger charge is 2.39. The zero-order valence-electron chi connectivity index (χ0n) is 21.1. The van der Waals surface area contributed by atoms with Gasteiger partial charge in [-0.3, -0.25) is 4.79 Å². The highest BCUT2D eigenvalue weighted by molar-refractivity contribution is 5.99. The van der Waals surface area contributed by atoms with E-state index in [1.165, 1.54) is 0 Å². The first-order valence-electron chi connectivity index (χ1n) is 12.2. The van der Waals surface area contributed by atoms with Crippen molar-refractivity contribution < 1.29 is 42.9 Å². The maximum atomic E-state index is 13.9. The average molecular weight is 611 g/mol. The summed E-state index contributed by atoms with van der Waals surface area (Å²) in [5.41, 5.74) is 2.32. The van der Waals surface area contributed by atoms with Crippen molar-refractivity contribution in [3.63, 3.8) is 0 Å². The molecule has 1 aromatic heterocycles. The minimum absolute atomic E-state index is 0. The van der Waals surface area contributed by atoms with Crippen LogP contribution in [0.2, 0.25) is 0 Å². The summed E-state index contributed by atoms with van der Waals surface area (Å²) >= 11 is 0. The van der Waals surface area contributed by atoms with Gasteiger partial charge in [0.2, 0.25) is 5.88 Å². The molecule has 4 aromatic rings. The van der Waals surface area contributed by atoms with Crippen LogP contribution in [-0.4, -0.2) is 41.7 Å². The molecule has 1 aliphatic heterocycles. The maximum absolute atomic E-state index is 13.9. The van der Waals surface area contributed by atoms with Crippen molar-refractivity contribution in [2.45, 2.75) is 26.6 Å². The predicted octanol–water partition coefficient (Wildman–Crippen LogP) is 2.27. The third-order valence-electron chi connectivity index (χ3n) is 6.17. The summed E-state index contributed by atoms with van der Waals surface area (Å²) in [6.07, 6.45) is -0.106. The van der Waals surface area contributed by atoms with Gasteiger partial charge in [0.25, 0.3) is 5.56 Å². The van der Waals surface area contributed by atoms with Crippen molar-refractivity contribution in [1.82, 2.24) is 4.57 Å². The lowest BCUT2D eigenvalue weighted by molar-refractivity contribution is -0.512. The van der Waals surface area contributed by atoms with Crippen LogP contribution in [0.3, 0.4) is 0 Å². The fourth-order valence-electron chi connectivity index (χ4n) is 4.58. The molecule has 2 heterocycles. The number of rotatable bonds is 8. The second kappa shape index (κ2) is 11.9. The smallest absolute Gasteiger partial charge is 0.377 e. The molecule has 192 valence electrons. The number of hydrazone groups is 1. The summed E-state index contributed by atoms with van der Waals surface area (Å²) in [6, 6.07) is 27.3. The summed E-state index contributed by atoms with van der Waals surface area (Å²) in [4.78, 5) is 13.9. The molecule has 0 bridgehead atoms. The van der Waals surface area contributed by atoms with Crippen molar-refractivity contribution in [3.8, 4) is 11.6 Å². The van der Waals surface area contributed by atoms with Gasteiger partial charge in [0.15, 0.2) is 19.0 Å². The van der Waals surface area contributed by atoms with Crippen molar-refractivity contribution in [3.05, 3.63) is 95.3 Å². The number of benzene rings is 3. The van der Waals surface area contributed by atoms with Crippen molar-refractivity contribution >= 4 is 28.0 Å². The number of aromatic nitrogens is 1. The van der Waals surface area contributed by atoms with Crippen LogP contribution >= 0.6 is 0 Å².